The summed E-state index contributed by atoms with van der Waals surface area (Å²) in [4.78, 5) is 12.5. The molecule has 0 bridgehead atoms. The van der Waals surface area contributed by atoms with Gasteiger partial charge >= 0.3 is 0 Å². The molecule has 0 saturated heterocycles. The molecular weight excluding hydrogens is 264 g/mol. The van der Waals surface area contributed by atoms with Crippen LogP contribution < -0.4 is 11.1 Å². The molecule has 3 N–H and O–H groups in total. The fourth-order valence-electron chi connectivity index (χ4n) is 3.31. The fraction of sp³-hybridized carbons (Fsp3) is 0.500. The number of hydrogen-bond acceptors (Lipinski definition) is 3. The van der Waals surface area contributed by atoms with Crippen LogP contribution in [0.4, 0.5) is 0 Å². The molecular formula is C16H22N4O. The van der Waals surface area contributed by atoms with Crippen LogP contribution in [-0.2, 0) is 7.05 Å². The second kappa shape index (κ2) is 5.48. The van der Waals surface area contributed by atoms with Crippen molar-refractivity contribution in [2.75, 3.05) is 13.1 Å². The number of benzene rings is 1. The Labute approximate surface area is 124 Å². The molecule has 0 aliphatic heterocycles. The SMILES string of the molecule is Cn1nc(C(=O)NCC2(CN)CCCC2)c2ccccc21. The number of aryl methyl sites for hydroxylation is 1. The lowest BCUT2D eigenvalue weighted by Gasteiger charge is -2.27. The normalized spacial score (nSPS) is 17.2. The maximum absolute atomic E-state index is 12.5. The summed E-state index contributed by atoms with van der Waals surface area (Å²) < 4.78 is 1.75. The van der Waals surface area contributed by atoms with E-state index in [1.807, 2.05) is 31.3 Å². The van der Waals surface area contributed by atoms with Gasteiger partial charge in [0.25, 0.3) is 5.91 Å². The first-order valence-electron chi connectivity index (χ1n) is 7.55. The summed E-state index contributed by atoms with van der Waals surface area (Å²) in [6, 6.07) is 7.79. The molecule has 0 atom stereocenters. The van der Waals surface area contributed by atoms with E-state index in [1.165, 1.54) is 12.8 Å². The van der Waals surface area contributed by atoms with E-state index in [0.717, 1.165) is 23.7 Å². The number of carbonyl (C=O) groups is 1. The van der Waals surface area contributed by atoms with Crippen LogP contribution in [-0.4, -0.2) is 28.8 Å². The summed E-state index contributed by atoms with van der Waals surface area (Å²) in [6.45, 7) is 1.28. The third-order valence-electron chi connectivity index (χ3n) is 4.69. The third kappa shape index (κ3) is 2.53. The van der Waals surface area contributed by atoms with Gasteiger partial charge in [-0.25, -0.2) is 0 Å². The number of carbonyl (C=O) groups excluding carboxylic acids is 1. The highest BCUT2D eigenvalue weighted by Crippen LogP contribution is 2.36. The van der Waals surface area contributed by atoms with Gasteiger partial charge < -0.3 is 11.1 Å². The van der Waals surface area contributed by atoms with Gasteiger partial charge in [0.1, 0.15) is 0 Å². The number of fused-ring (bicyclic) bond motifs is 1. The van der Waals surface area contributed by atoms with E-state index >= 15 is 0 Å². The zero-order valence-electron chi connectivity index (χ0n) is 12.4. The fourth-order valence-corrected chi connectivity index (χ4v) is 3.31. The number of amides is 1. The number of nitrogens with two attached hydrogens (primary N) is 1. The van der Waals surface area contributed by atoms with Gasteiger partial charge in [-0.15, -0.1) is 0 Å². The Bertz CT molecular complexity index is 655. The van der Waals surface area contributed by atoms with Crippen molar-refractivity contribution in [3.8, 4) is 0 Å². The number of nitrogens with zero attached hydrogens (tertiary/aromatic N) is 2. The summed E-state index contributed by atoms with van der Waals surface area (Å²) in [5.74, 6) is -0.105. The van der Waals surface area contributed by atoms with Crippen LogP contribution in [0.3, 0.4) is 0 Å². The van der Waals surface area contributed by atoms with Crippen LogP contribution in [0.15, 0.2) is 24.3 Å². The second-order valence-electron chi connectivity index (χ2n) is 6.08. The molecule has 0 unspecified atom stereocenters. The Morgan fingerprint density at radius 2 is 2.10 bits per heavy atom. The van der Waals surface area contributed by atoms with Crippen molar-refractivity contribution in [1.82, 2.24) is 15.1 Å². The zero-order chi connectivity index (χ0) is 14.9. The summed E-state index contributed by atoms with van der Waals surface area (Å²) >= 11 is 0. The van der Waals surface area contributed by atoms with E-state index in [4.69, 9.17) is 5.73 Å². The highest BCUT2D eigenvalue weighted by Gasteiger charge is 2.33. The van der Waals surface area contributed by atoms with Crippen molar-refractivity contribution in [3.63, 3.8) is 0 Å². The Kier molecular flexibility index (Phi) is 3.68. The van der Waals surface area contributed by atoms with Gasteiger partial charge in [0.15, 0.2) is 5.69 Å². The number of aromatic nitrogens is 2. The van der Waals surface area contributed by atoms with Gasteiger partial charge in [0, 0.05) is 19.0 Å². The number of rotatable bonds is 4. The smallest absolute Gasteiger partial charge is 0.272 e. The Hall–Kier alpha value is -1.88. The van der Waals surface area contributed by atoms with Crippen molar-refractivity contribution in [2.45, 2.75) is 25.7 Å². The average molecular weight is 286 g/mol. The molecule has 21 heavy (non-hydrogen) atoms. The predicted molar refractivity (Wildman–Crippen MR) is 83.0 cm³/mol. The molecule has 1 aromatic heterocycles. The lowest BCUT2D eigenvalue weighted by molar-refractivity contribution is 0.0928. The summed E-state index contributed by atoms with van der Waals surface area (Å²) in [7, 11) is 1.86. The van der Waals surface area contributed by atoms with Crippen molar-refractivity contribution in [2.24, 2.45) is 18.2 Å². The Balaban J connectivity index is 1.78. The lowest BCUT2D eigenvalue weighted by atomic mass is 9.86. The largest absolute Gasteiger partial charge is 0.350 e. The Morgan fingerprint density at radius 1 is 1.38 bits per heavy atom. The van der Waals surface area contributed by atoms with Gasteiger partial charge in [0.2, 0.25) is 0 Å². The molecule has 5 nitrogen and oxygen atoms in total. The van der Waals surface area contributed by atoms with Crippen LogP contribution >= 0.6 is 0 Å². The number of nitrogens with one attached hydrogen (secondary N) is 1. The minimum atomic E-state index is -0.105. The molecule has 1 aromatic carbocycles. The van der Waals surface area contributed by atoms with Crippen LogP contribution in [0.25, 0.3) is 10.9 Å². The lowest BCUT2D eigenvalue weighted by Crippen LogP contribution is -2.40. The molecule has 1 saturated carbocycles. The van der Waals surface area contributed by atoms with E-state index in [-0.39, 0.29) is 11.3 Å². The minimum Gasteiger partial charge on any atom is -0.350 e. The quantitative estimate of drug-likeness (QED) is 0.900. The monoisotopic (exact) mass is 286 g/mol. The van der Waals surface area contributed by atoms with Gasteiger partial charge in [-0.05, 0) is 30.9 Å². The molecule has 1 aliphatic carbocycles. The van der Waals surface area contributed by atoms with Crippen molar-refractivity contribution >= 4 is 16.8 Å². The second-order valence-corrected chi connectivity index (χ2v) is 6.08. The average Bonchev–Trinajstić information content (AvgIpc) is 3.11. The van der Waals surface area contributed by atoms with E-state index in [9.17, 15) is 4.79 Å². The van der Waals surface area contributed by atoms with E-state index in [1.54, 1.807) is 4.68 Å². The van der Waals surface area contributed by atoms with Crippen LogP contribution in [0, 0.1) is 5.41 Å². The van der Waals surface area contributed by atoms with Crippen molar-refractivity contribution in [1.29, 1.82) is 0 Å². The number of para-hydroxylation sites is 1. The molecule has 0 radical (unpaired) electrons. The topological polar surface area (TPSA) is 72.9 Å². The first-order chi connectivity index (χ1) is 10.2. The van der Waals surface area contributed by atoms with Crippen LogP contribution in [0.5, 0.6) is 0 Å². The highest BCUT2D eigenvalue weighted by atomic mass is 16.1. The summed E-state index contributed by atoms with van der Waals surface area (Å²) in [6.07, 6.45) is 4.62. The van der Waals surface area contributed by atoms with Crippen molar-refractivity contribution in [3.05, 3.63) is 30.0 Å². The van der Waals surface area contributed by atoms with Gasteiger partial charge in [-0.2, -0.15) is 5.10 Å². The number of hydrogen-bond donors (Lipinski definition) is 2. The summed E-state index contributed by atoms with van der Waals surface area (Å²) in [5.41, 5.74) is 7.47. The Morgan fingerprint density at radius 3 is 2.81 bits per heavy atom. The van der Waals surface area contributed by atoms with E-state index in [2.05, 4.69) is 10.4 Å². The molecule has 3 rings (SSSR count). The van der Waals surface area contributed by atoms with Crippen molar-refractivity contribution < 1.29 is 4.79 Å². The maximum Gasteiger partial charge on any atom is 0.272 e. The molecule has 1 amide bonds. The first-order valence-corrected chi connectivity index (χ1v) is 7.55. The standard InChI is InChI=1S/C16H22N4O/c1-20-13-7-3-2-6-12(13)14(19-20)15(21)18-11-16(10-17)8-4-5-9-16/h2-3,6-7H,4-5,8-11,17H2,1H3,(H,18,21). The van der Waals surface area contributed by atoms with E-state index < -0.39 is 0 Å². The molecule has 1 heterocycles. The zero-order valence-corrected chi connectivity index (χ0v) is 12.4. The third-order valence-corrected chi connectivity index (χ3v) is 4.69. The molecule has 1 aliphatic rings. The van der Waals surface area contributed by atoms with Gasteiger partial charge in [0.05, 0.1) is 5.52 Å². The highest BCUT2D eigenvalue weighted by molar-refractivity contribution is 6.04. The van der Waals surface area contributed by atoms with Crippen LogP contribution in [0.2, 0.25) is 0 Å². The molecule has 2 aromatic rings. The molecule has 5 heteroatoms. The summed E-state index contributed by atoms with van der Waals surface area (Å²) in [5, 5.41) is 8.29. The predicted octanol–water partition coefficient (Wildman–Crippen LogP) is 1.82. The van der Waals surface area contributed by atoms with E-state index in [0.29, 0.717) is 18.8 Å². The molecule has 1 fully saturated rings. The molecule has 112 valence electrons. The van der Waals surface area contributed by atoms with Gasteiger partial charge in [-0.1, -0.05) is 31.0 Å². The van der Waals surface area contributed by atoms with Gasteiger partial charge in [-0.3, -0.25) is 9.48 Å². The minimum absolute atomic E-state index is 0.0836. The first kappa shape index (κ1) is 14.1. The maximum atomic E-state index is 12.5. The van der Waals surface area contributed by atoms with Crippen LogP contribution in [0.1, 0.15) is 36.2 Å². The molecule has 0 spiro atoms.